The highest BCUT2D eigenvalue weighted by Crippen LogP contribution is 2.36. The van der Waals surface area contributed by atoms with Crippen LogP contribution in [0.5, 0.6) is 11.5 Å². The van der Waals surface area contributed by atoms with Gasteiger partial charge in [0.15, 0.2) is 11.5 Å². The third-order valence-electron chi connectivity index (χ3n) is 4.27. The Morgan fingerprint density at radius 2 is 2.03 bits per heavy atom. The first kappa shape index (κ1) is 22.2. The fourth-order valence-electron chi connectivity index (χ4n) is 2.87. The zero-order valence-electron chi connectivity index (χ0n) is 16.9. The first-order chi connectivity index (χ1) is 14.3. The summed E-state index contributed by atoms with van der Waals surface area (Å²) >= 11 is 6.91. The summed E-state index contributed by atoms with van der Waals surface area (Å²) in [5, 5.41) is 4.95. The van der Waals surface area contributed by atoms with Crippen LogP contribution in [-0.4, -0.2) is 29.6 Å². The number of fused-ring (bicyclic) bond motifs is 1. The summed E-state index contributed by atoms with van der Waals surface area (Å²) in [6, 6.07) is 9.08. The quantitative estimate of drug-likeness (QED) is 0.296. The molecule has 156 valence electrons. The third kappa shape index (κ3) is 4.65. The van der Waals surface area contributed by atoms with Crippen LogP contribution < -0.4 is 15.0 Å². The average molecular weight is 535 g/mol. The highest BCUT2D eigenvalue weighted by atomic mass is 79.9. The Morgan fingerprint density at radius 1 is 1.27 bits per heavy atom. The standard InChI is InChI=1S/C22H21Br2N3O3/c1-5-8-30-20-17(24)9-14(10-19(20)29-4)12-25-27-21(13(2)3)26-18-7-6-15(23)11-16(18)22(27)28/h5-7,9-13H,1,8H2,2-4H3. The van der Waals surface area contributed by atoms with Crippen molar-refractivity contribution in [1.82, 2.24) is 9.66 Å². The maximum Gasteiger partial charge on any atom is 0.282 e. The zero-order chi connectivity index (χ0) is 21.8. The molecule has 2 aromatic carbocycles. The zero-order valence-corrected chi connectivity index (χ0v) is 20.0. The maximum absolute atomic E-state index is 13.1. The van der Waals surface area contributed by atoms with Crippen molar-refractivity contribution in [2.45, 2.75) is 19.8 Å². The molecule has 0 spiro atoms. The normalized spacial score (nSPS) is 11.4. The van der Waals surface area contributed by atoms with Crippen LogP contribution in [0.15, 0.2) is 61.8 Å². The summed E-state index contributed by atoms with van der Waals surface area (Å²) in [5.41, 5.74) is 1.16. The van der Waals surface area contributed by atoms with Gasteiger partial charge in [0.1, 0.15) is 12.4 Å². The van der Waals surface area contributed by atoms with Crippen molar-refractivity contribution in [2.24, 2.45) is 5.10 Å². The number of nitrogens with zero attached hydrogens (tertiary/aromatic N) is 3. The molecule has 0 atom stereocenters. The smallest absolute Gasteiger partial charge is 0.282 e. The van der Waals surface area contributed by atoms with E-state index in [9.17, 15) is 4.79 Å². The number of benzene rings is 2. The Morgan fingerprint density at radius 3 is 2.70 bits per heavy atom. The van der Waals surface area contributed by atoms with Crippen LogP contribution in [0, 0.1) is 0 Å². The van der Waals surface area contributed by atoms with Crippen LogP contribution >= 0.6 is 31.9 Å². The van der Waals surface area contributed by atoms with Gasteiger partial charge >= 0.3 is 0 Å². The molecule has 0 saturated heterocycles. The highest BCUT2D eigenvalue weighted by Gasteiger charge is 2.14. The predicted octanol–water partition coefficient (Wildman–Crippen LogP) is 5.50. The van der Waals surface area contributed by atoms with E-state index in [0.717, 1.165) is 10.0 Å². The van der Waals surface area contributed by atoms with Crippen LogP contribution in [0.4, 0.5) is 0 Å². The Balaban J connectivity index is 2.10. The lowest BCUT2D eigenvalue weighted by atomic mass is 10.2. The SMILES string of the molecule is C=CCOc1c(Br)cc(C=Nn2c(C(C)C)nc3ccc(Br)cc3c2=O)cc1OC. The molecule has 0 saturated carbocycles. The molecule has 3 rings (SSSR count). The van der Waals surface area contributed by atoms with Crippen molar-refractivity contribution in [3.05, 3.63) is 73.7 Å². The Bertz CT molecular complexity index is 1190. The van der Waals surface area contributed by atoms with Gasteiger partial charge in [0.05, 0.1) is 28.7 Å². The molecule has 0 N–H and O–H groups in total. The Hall–Kier alpha value is -2.45. The first-order valence-electron chi connectivity index (χ1n) is 9.23. The molecule has 30 heavy (non-hydrogen) atoms. The van der Waals surface area contributed by atoms with Gasteiger partial charge in [-0.05, 0) is 51.8 Å². The van der Waals surface area contributed by atoms with Gasteiger partial charge in [-0.25, -0.2) is 4.98 Å². The predicted molar refractivity (Wildman–Crippen MR) is 127 cm³/mol. The number of methoxy groups -OCH3 is 1. The van der Waals surface area contributed by atoms with Gasteiger partial charge in [-0.3, -0.25) is 4.79 Å². The number of hydrogen-bond donors (Lipinski definition) is 0. The third-order valence-corrected chi connectivity index (χ3v) is 5.35. The molecule has 0 radical (unpaired) electrons. The molecule has 0 aliphatic rings. The summed E-state index contributed by atoms with van der Waals surface area (Å²) in [5.74, 6) is 1.72. The molecule has 8 heteroatoms. The second-order valence-corrected chi connectivity index (χ2v) is 8.55. The minimum atomic E-state index is -0.224. The summed E-state index contributed by atoms with van der Waals surface area (Å²) in [4.78, 5) is 17.8. The molecule has 0 aliphatic carbocycles. The molecule has 0 unspecified atom stereocenters. The molecular formula is C22H21Br2N3O3. The molecule has 6 nitrogen and oxygen atoms in total. The second kappa shape index (κ2) is 9.57. The van der Waals surface area contributed by atoms with Crippen molar-refractivity contribution in [3.8, 4) is 11.5 Å². The summed E-state index contributed by atoms with van der Waals surface area (Å²) in [6.45, 7) is 7.96. The van der Waals surface area contributed by atoms with Gasteiger partial charge in [0, 0.05) is 10.4 Å². The topological polar surface area (TPSA) is 65.7 Å². The van der Waals surface area contributed by atoms with E-state index in [1.165, 1.54) is 4.68 Å². The van der Waals surface area contributed by atoms with Crippen molar-refractivity contribution in [1.29, 1.82) is 0 Å². The Kier molecular flexibility index (Phi) is 7.10. The van der Waals surface area contributed by atoms with Gasteiger partial charge in [-0.2, -0.15) is 9.78 Å². The van der Waals surface area contributed by atoms with Crippen LogP contribution in [0.2, 0.25) is 0 Å². The molecule has 0 aliphatic heterocycles. The fraction of sp³-hybridized carbons (Fsp3) is 0.227. The van der Waals surface area contributed by atoms with Crippen LogP contribution in [0.1, 0.15) is 31.2 Å². The van der Waals surface area contributed by atoms with E-state index in [1.807, 2.05) is 32.0 Å². The number of rotatable bonds is 7. The van der Waals surface area contributed by atoms with E-state index in [1.54, 1.807) is 31.5 Å². The van der Waals surface area contributed by atoms with E-state index < -0.39 is 0 Å². The molecular weight excluding hydrogens is 514 g/mol. The van der Waals surface area contributed by atoms with Gasteiger partial charge in [0.2, 0.25) is 0 Å². The molecule has 1 heterocycles. The second-order valence-electron chi connectivity index (χ2n) is 6.78. The largest absolute Gasteiger partial charge is 0.493 e. The van der Waals surface area contributed by atoms with Crippen LogP contribution in [-0.2, 0) is 0 Å². The van der Waals surface area contributed by atoms with Crippen LogP contribution in [0.3, 0.4) is 0 Å². The maximum atomic E-state index is 13.1. The van der Waals surface area contributed by atoms with E-state index in [0.29, 0.717) is 39.3 Å². The van der Waals surface area contributed by atoms with Crippen molar-refractivity contribution in [3.63, 3.8) is 0 Å². The monoisotopic (exact) mass is 533 g/mol. The number of aromatic nitrogens is 2. The number of ether oxygens (including phenoxy) is 2. The Labute approximate surface area is 191 Å². The lowest BCUT2D eigenvalue weighted by Gasteiger charge is -2.13. The number of halogens is 2. The minimum Gasteiger partial charge on any atom is -0.493 e. The summed E-state index contributed by atoms with van der Waals surface area (Å²) in [7, 11) is 1.57. The van der Waals surface area contributed by atoms with Crippen molar-refractivity contribution >= 4 is 49.0 Å². The van der Waals surface area contributed by atoms with E-state index in [4.69, 9.17) is 9.47 Å². The molecule has 0 bridgehead atoms. The van der Waals surface area contributed by atoms with Crippen molar-refractivity contribution < 1.29 is 9.47 Å². The van der Waals surface area contributed by atoms with Crippen molar-refractivity contribution in [2.75, 3.05) is 13.7 Å². The number of hydrogen-bond acceptors (Lipinski definition) is 5. The highest BCUT2D eigenvalue weighted by molar-refractivity contribution is 9.10. The van der Waals surface area contributed by atoms with Crippen LogP contribution in [0.25, 0.3) is 10.9 Å². The summed E-state index contributed by atoms with van der Waals surface area (Å²) in [6.07, 6.45) is 3.26. The van der Waals surface area contributed by atoms with E-state index in [2.05, 4.69) is 48.5 Å². The van der Waals surface area contributed by atoms with E-state index >= 15 is 0 Å². The molecule has 0 amide bonds. The van der Waals surface area contributed by atoms with Gasteiger partial charge < -0.3 is 9.47 Å². The molecule has 0 fully saturated rings. The fourth-order valence-corrected chi connectivity index (χ4v) is 3.81. The lowest BCUT2D eigenvalue weighted by Crippen LogP contribution is -2.23. The van der Waals surface area contributed by atoms with Gasteiger partial charge in [-0.1, -0.05) is 42.4 Å². The minimum absolute atomic E-state index is 0.0128. The average Bonchev–Trinajstić information content (AvgIpc) is 2.72. The van der Waals surface area contributed by atoms with Gasteiger partial charge in [-0.15, -0.1) is 0 Å². The van der Waals surface area contributed by atoms with Gasteiger partial charge in [0.25, 0.3) is 5.56 Å². The summed E-state index contributed by atoms with van der Waals surface area (Å²) < 4.78 is 14.0. The molecule has 3 aromatic rings. The lowest BCUT2D eigenvalue weighted by molar-refractivity contribution is 0.324. The molecule has 1 aromatic heterocycles. The van der Waals surface area contributed by atoms with E-state index in [-0.39, 0.29) is 11.5 Å². The first-order valence-corrected chi connectivity index (χ1v) is 10.8.